The fourth-order valence-corrected chi connectivity index (χ4v) is 2.37. The van der Waals surface area contributed by atoms with Gasteiger partial charge >= 0.3 is 0 Å². The zero-order valence-corrected chi connectivity index (χ0v) is 11.8. The quantitative estimate of drug-likeness (QED) is 0.638. The molecule has 0 aromatic heterocycles. The summed E-state index contributed by atoms with van der Waals surface area (Å²) in [5.74, 6) is 0.258. The molecule has 2 aromatic rings. The molecule has 1 unspecified atom stereocenters. The van der Waals surface area contributed by atoms with Crippen molar-refractivity contribution >= 4 is 17.3 Å². The van der Waals surface area contributed by atoms with E-state index in [0.717, 1.165) is 0 Å². The second kappa shape index (κ2) is 5.22. The number of hydrogen-bond acceptors (Lipinski definition) is 4. The van der Waals surface area contributed by atoms with E-state index in [0.29, 0.717) is 16.8 Å². The van der Waals surface area contributed by atoms with Crippen LogP contribution >= 0.6 is 0 Å². The zero-order chi connectivity index (χ0) is 15.7. The van der Waals surface area contributed by atoms with Gasteiger partial charge in [0.2, 0.25) is 5.90 Å². The summed E-state index contributed by atoms with van der Waals surface area (Å²) in [6.07, 6.45) is 0. The fourth-order valence-electron chi connectivity index (χ4n) is 2.37. The van der Waals surface area contributed by atoms with Gasteiger partial charge in [-0.2, -0.15) is 0 Å². The molecular formula is C16H13FN2O3. The number of fused-ring (bicyclic) bond motifs is 1. The summed E-state index contributed by atoms with van der Waals surface area (Å²) < 4.78 is 19.3. The van der Waals surface area contributed by atoms with Crippen LogP contribution in [0.25, 0.3) is 0 Å². The average Bonchev–Trinajstić information content (AvgIpc) is 2.55. The molecular weight excluding hydrogens is 287 g/mol. The van der Waals surface area contributed by atoms with Crippen molar-refractivity contribution in [2.24, 2.45) is 4.99 Å². The van der Waals surface area contributed by atoms with Crippen LogP contribution in [0.5, 0.6) is 0 Å². The Bertz CT molecular complexity index is 758. The minimum absolute atomic E-state index is 0.0196. The molecule has 5 nitrogen and oxygen atoms in total. The van der Waals surface area contributed by atoms with Crippen molar-refractivity contribution < 1.29 is 14.1 Å². The molecule has 112 valence electrons. The van der Waals surface area contributed by atoms with E-state index in [9.17, 15) is 14.5 Å². The van der Waals surface area contributed by atoms with Crippen LogP contribution < -0.4 is 0 Å². The van der Waals surface area contributed by atoms with Gasteiger partial charge in [-0.15, -0.1) is 0 Å². The highest BCUT2D eigenvalue weighted by molar-refractivity contribution is 5.97. The van der Waals surface area contributed by atoms with E-state index >= 15 is 0 Å². The van der Waals surface area contributed by atoms with Crippen LogP contribution in [0.3, 0.4) is 0 Å². The molecule has 1 atom stereocenters. The number of hydrogen-bond donors (Lipinski definition) is 0. The number of nitro benzene ring substituents is 1. The minimum atomic E-state index is -1.12. The maximum Gasteiger partial charge on any atom is 0.269 e. The molecule has 0 radical (unpaired) electrons. The molecule has 6 heteroatoms. The highest BCUT2D eigenvalue weighted by Crippen LogP contribution is 2.38. The van der Waals surface area contributed by atoms with Crippen molar-refractivity contribution in [1.82, 2.24) is 0 Å². The first-order valence-corrected chi connectivity index (χ1v) is 6.71. The summed E-state index contributed by atoms with van der Waals surface area (Å²) >= 11 is 0. The molecule has 1 aliphatic rings. The van der Waals surface area contributed by atoms with Gasteiger partial charge < -0.3 is 4.74 Å². The predicted molar refractivity (Wildman–Crippen MR) is 80.1 cm³/mol. The van der Waals surface area contributed by atoms with Crippen LogP contribution in [0.1, 0.15) is 18.1 Å². The molecule has 0 aliphatic carbocycles. The lowest BCUT2D eigenvalue weighted by molar-refractivity contribution is -0.384. The van der Waals surface area contributed by atoms with E-state index in [1.807, 2.05) is 12.1 Å². The number of benzene rings is 2. The maximum atomic E-state index is 13.5. The summed E-state index contributed by atoms with van der Waals surface area (Å²) in [7, 11) is 0. The van der Waals surface area contributed by atoms with Crippen LogP contribution in [0.2, 0.25) is 0 Å². The predicted octanol–water partition coefficient (Wildman–Crippen LogP) is 3.89. The second-order valence-corrected chi connectivity index (χ2v) is 5.20. The molecule has 0 spiro atoms. The molecule has 22 heavy (non-hydrogen) atoms. The highest BCUT2D eigenvalue weighted by Gasteiger charge is 2.36. The van der Waals surface area contributed by atoms with Crippen molar-refractivity contribution in [1.29, 1.82) is 0 Å². The van der Waals surface area contributed by atoms with Crippen molar-refractivity contribution in [2.75, 3.05) is 6.67 Å². The molecule has 2 aromatic carbocycles. The Morgan fingerprint density at radius 2 is 1.91 bits per heavy atom. The number of para-hydroxylation sites is 1. The first kappa shape index (κ1) is 14.2. The van der Waals surface area contributed by atoms with E-state index in [-0.39, 0.29) is 11.6 Å². The number of halogens is 1. The minimum Gasteiger partial charge on any atom is -0.463 e. The Labute approximate surface area is 126 Å². The molecule has 1 heterocycles. The Kier molecular flexibility index (Phi) is 3.36. The van der Waals surface area contributed by atoms with E-state index in [2.05, 4.69) is 4.99 Å². The number of aliphatic imine (C=N–C) groups is 1. The molecule has 1 aliphatic heterocycles. The van der Waals surface area contributed by atoms with Gasteiger partial charge in [-0.3, -0.25) is 10.1 Å². The van der Waals surface area contributed by atoms with Gasteiger partial charge in [-0.25, -0.2) is 9.38 Å². The number of nitro groups is 1. The lowest BCUT2D eigenvalue weighted by atomic mass is 9.94. The number of nitrogens with zero attached hydrogens (tertiary/aromatic N) is 2. The van der Waals surface area contributed by atoms with E-state index in [4.69, 9.17) is 4.74 Å². The smallest absolute Gasteiger partial charge is 0.269 e. The van der Waals surface area contributed by atoms with E-state index < -0.39 is 17.2 Å². The zero-order valence-electron chi connectivity index (χ0n) is 11.8. The average molecular weight is 300 g/mol. The molecule has 0 saturated heterocycles. The summed E-state index contributed by atoms with van der Waals surface area (Å²) in [6, 6.07) is 13.0. The van der Waals surface area contributed by atoms with Gasteiger partial charge in [0.05, 0.1) is 10.6 Å². The number of rotatable bonds is 3. The number of ether oxygens (including phenoxy) is 1. The fraction of sp³-hybridized carbons (Fsp3) is 0.188. The van der Waals surface area contributed by atoms with Gasteiger partial charge in [-0.1, -0.05) is 18.2 Å². The van der Waals surface area contributed by atoms with Gasteiger partial charge in [0.1, 0.15) is 6.67 Å². The molecule has 0 bridgehead atoms. The van der Waals surface area contributed by atoms with Crippen LogP contribution in [0.15, 0.2) is 53.5 Å². The Hall–Kier alpha value is -2.76. The van der Waals surface area contributed by atoms with E-state index in [1.165, 1.54) is 12.1 Å². The SMILES string of the molecule is CC1(CF)OC(c2ccc([N+](=O)[O-])cc2)=Nc2ccccc21. The maximum absolute atomic E-state index is 13.5. The Balaban J connectivity index is 2.05. The van der Waals surface area contributed by atoms with Crippen LogP contribution in [-0.4, -0.2) is 17.5 Å². The number of non-ortho nitro benzene ring substituents is 1. The first-order chi connectivity index (χ1) is 10.5. The van der Waals surface area contributed by atoms with Crippen LogP contribution in [0.4, 0.5) is 15.8 Å². The molecule has 0 fully saturated rings. The number of alkyl halides is 1. The van der Waals surface area contributed by atoms with Crippen LogP contribution in [-0.2, 0) is 10.3 Å². The topological polar surface area (TPSA) is 64.7 Å². The van der Waals surface area contributed by atoms with E-state index in [1.54, 1.807) is 31.2 Å². The monoisotopic (exact) mass is 300 g/mol. The van der Waals surface area contributed by atoms with Crippen molar-refractivity contribution in [3.05, 3.63) is 69.8 Å². The molecule has 0 amide bonds. The second-order valence-electron chi connectivity index (χ2n) is 5.20. The standard InChI is InChI=1S/C16H13FN2O3/c1-16(10-17)13-4-2-3-5-14(13)18-15(22-16)11-6-8-12(9-7-11)19(20)21/h2-9H,10H2,1H3. The van der Waals surface area contributed by atoms with Gasteiger partial charge in [0.25, 0.3) is 5.69 Å². The summed E-state index contributed by atoms with van der Waals surface area (Å²) in [5, 5.41) is 10.7. The lowest BCUT2D eigenvalue weighted by Gasteiger charge is -2.33. The van der Waals surface area contributed by atoms with Crippen molar-refractivity contribution in [3.63, 3.8) is 0 Å². The summed E-state index contributed by atoms with van der Waals surface area (Å²) in [4.78, 5) is 14.6. The lowest BCUT2D eigenvalue weighted by Crippen LogP contribution is -2.34. The largest absolute Gasteiger partial charge is 0.463 e. The third-order valence-corrected chi connectivity index (χ3v) is 3.60. The third-order valence-electron chi connectivity index (χ3n) is 3.60. The summed E-state index contributed by atoms with van der Waals surface area (Å²) in [5.41, 5.74) is 0.758. The van der Waals surface area contributed by atoms with Crippen molar-refractivity contribution in [3.8, 4) is 0 Å². The molecule has 0 N–H and O–H groups in total. The normalized spacial score (nSPS) is 19.8. The molecule has 3 rings (SSSR count). The van der Waals surface area contributed by atoms with Gasteiger partial charge in [-0.05, 0) is 25.1 Å². The third kappa shape index (κ3) is 2.32. The Morgan fingerprint density at radius 1 is 1.23 bits per heavy atom. The van der Waals surface area contributed by atoms with Crippen LogP contribution in [0, 0.1) is 10.1 Å². The summed E-state index contributed by atoms with van der Waals surface area (Å²) in [6.45, 7) is 0.960. The van der Waals surface area contributed by atoms with Gasteiger partial charge in [0.15, 0.2) is 5.60 Å². The highest BCUT2D eigenvalue weighted by atomic mass is 19.1. The Morgan fingerprint density at radius 3 is 2.55 bits per heavy atom. The van der Waals surface area contributed by atoms with Gasteiger partial charge in [0, 0.05) is 23.3 Å². The molecule has 0 saturated carbocycles. The van der Waals surface area contributed by atoms with Crippen molar-refractivity contribution in [2.45, 2.75) is 12.5 Å². The first-order valence-electron chi connectivity index (χ1n) is 6.71.